The first-order chi connectivity index (χ1) is 9.20. The summed E-state index contributed by atoms with van der Waals surface area (Å²) in [5, 5.41) is 1.49. The minimum atomic E-state index is 0.0179. The number of hydrogen-bond acceptors (Lipinski definition) is 1. The Morgan fingerprint density at radius 3 is 2.37 bits per heavy atom. The summed E-state index contributed by atoms with van der Waals surface area (Å²) in [6.07, 6.45) is 0.0179. The zero-order valence-electron chi connectivity index (χ0n) is 10.2. The minimum absolute atomic E-state index is 0.0179. The minimum Gasteiger partial charge on any atom is -0.368 e. The second kappa shape index (κ2) is 7.44. The maximum absolute atomic E-state index is 6.12. The van der Waals surface area contributed by atoms with Gasteiger partial charge in [-0.1, -0.05) is 73.8 Å². The summed E-state index contributed by atoms with van der Waals surface area (Å²) in [5.74, 6) is 0. The van der Waals surface area contributed by atoms with E-state index in [0.29, 0.717) is 6.61 Å². The molecule has 4 heteroatoms. The van der Waals surface area contributed by atoms with E-state index >= 15 is 0 Å². The van der Waals surface area contributed by atoms with Crippen LogP contribution in [0.2, 0.25) is 5.02 Å². The van der Waals surface area contributed by atoms with Gasteiger partial charge < -0.3 is 4.74 Å². The van der Waals surface area contributed by atoms with Crippen LogP contribution < -0.4 is 0 Å². The highest BCUT2D eigenvalue weighted by Crippen LogP contribution is 2.25. The molecule has 0 bridgehead atoms. The van der Waals surface area contributed by atoms with Gasteiger partial charge in [-0.2, -0.15) is 0 Å². The summed E-state index contributed by atoms with van der Waals surface area (Å²) in [6.45, 7) is 0.506. The fraction of sp³-hybridized carbons (Fsp3) is 0.200. The normalized spacial score (nSPS) is 12.4. The molecular weight excluding hydrogens is 391 g/mol. The molecule has 0 fully saturated rings. The van der Waals surface area contributed by atoms with Crippen LogP contribution in [0.5, 0.6) is 0 Å². The van der Waals surface area contributed by atoms with Crippen molar-refractivity contribution in [2.75, 3.05) is 5.33 Å². The molecule has 0 N–H and O–H groups in total. The first-order valence-electron chi connectivity index (χ1n) is 5.87. The number of ether oxygens (including phenoxy) is 1. The van der Waals surface area contributed by atoms with Crippen LogP contribution >= 0.6 is 43.5 Å². The van der Waals surface area contributed by atoms with Gasteiger partial charge in [0.05, 0.1) is 12.7 Å². The smallest absolute Gasteiger partial charge is 0.0926 e. The fourth-order valence-electron chi connectivity index (χ4n) is 1.71. The molecule has 0 saturated heterocycles. The molecule has 1 unspecified atom stereocenters. The van der Waals surface area contributed by atoms with Crippen molar-refractivity contribution >= 4 is 43.5 Å². The third-order valence-corrected chi connectivity index (χ3v) is 4.27. The van der Waals surface area contributed by atoms with Crippen molar-refractivity contribution in [3.8, 4) is 0 Å². The Balaban J connectivity index is 2.04. The lowest BCUT2D eigenvalue weighted by molar-refractivity contribution is 0.0566. The molecule has 0 aromatic heterocycles. The highest BCUT2D eigenvalue weighted by Gasteiger charge is 2.11. The Hall–Kier alpha value is -0.350. The van der Waals surface area contributed by atoms with E-state index in [0.717, 1.165) is 26.0 Å². The van der Waals surface area contributed by atoms with E-state index < -0.39 is 0 Å². The Morgan fingerprint density at radius 1 is 1.05 bits per heavy atom. The lowest BCUT2D eigenvalue weighted by Crippen LogP contribution is -2.06. The Labute approximate surface area is 135 Å². The van der Waals surface area contributed by atoms with Gasteiger partial charge in [-0.3, -0.25) is 0 Å². The maximum Gasteiger partial charge on any atom is 0.0926 e. The molecule has 1 nitrogen and oxygen atoms in total. The van der Waals surface area contributed by atoms with Crippen LogP contribution in [0.25, 0.3) is 0 Å². The molecule has 0 saturated carbocycles. The average molecular weight is 405 g/mol. The number of rotatable bonds is 5. The lowest BCUT2D eigenvalue weighted by Gasteiger charge is -2.16. The topological polar surface area (TPSA) is 9.23 Å². The Kier molecular flexibility index (Phi) is 5.89. The van der Waals surface area contributed by atoms with Crippen molar-refractivity contribution in [1.29, 1.82) is 0 Å². The molecule has 1 atom stereocenters. The van der Waals surface area contributed by atoms with Gasteiger partial charge in [0.25, 0.3) is 0 Å². The largest absolute Gasteiger partial charge is 0.368 e. The molecule has 2 aromatic rings. The molecule has 0 heterocycles. The predicted octanol–water partition coefficient (Wildman–Crippen LogP) is 5.76. The van der Waals surface area contributed by atoms with Gasteiger partial charge in [0.1, 0.15) is 0 Å². The molecular formula is C15H13Br2ClO. The van der Waals surface area contributed by atoms with Crippen LogP contribution in [0, 0.1) is 0 Å². The Morgan fingerprint density at radius 2 is 1.74 bits per heavy atom. The molecule has 0 aliphatic heterocycles. The summed E-state index contributed by atoms with van der Waals surface area (Å²) in [7, 11) is 0. The van der Waals surface area contributed by atoms with E-state index in [1.165, 1.54) is 0 Å². The van der Waals surface area contributed by atoms with E-state index in [1.54, 1.807) is 0 Å². The quantitative estimate of drug-likeness (QED) is 0.576. The predicted molar refractivity (Wildman–Crippen MR) is 86.9 cm³/mol. The lowest BCUT2D eigenvalue weighted by atomic mass is 10.1. The SMILES string of the molecule is Clc1ccccc1COC(CBr)c1ccc(Br)cc1. The highest BCUT2D eigenvalue weighted by molar-refractivity contribution is 9.10. The molecule has 0 spiro atoms. The van der Waals surface area contributed by atoms with Crippen molar-refractivity contribution in [3.63, 3.8) is 0 Å². The standard InChI is InChI=1S/C15H13Br2ClO/c16-9-15(11-5-7-13(17)8-6-11)19-10-12-3-1-2-4-14(12)18/h1-8,15H,9-10H2. The van der Waals surface area contributed by atoms with Crippen molar-refractivity contribution < 1.29 is 4.74 Å². The van der Waals surface area contributed by atoms with Crippen molar-refractivity contribution in [3.05, 3.63) is 69.2 Å². The zero-order valence-corrected chi connectivity index (χ0v) is 14.1. The summed E-state index contributed by atoms with van der Waals surface area (Å²) >= 11 is 13.0. The number of hydrogen-bond donors (Lipinski definition) is 0. The molecule has 0 radical (unpaired) electrons. The van der Waals surface area contributed by atoms with Gasteiger partial charge in [-0.25, -0.2) is 0 Å². The maximum atomic E-state index is 6.12. The third kappa shape index (κ3) is 4.32. The van der Waals surface area contributed by atoms with Crippen molar-refractivity contribution in [2.24, 2.45) is 0 Å². The van der Waals surface area contributed by atoms with Gasteiger partial charge in [0.2, 0.25) is 0 Å². The average Bonchev–Trinajstić information content (AvgIpc) is 2.43. The van der Waals surface area contributed by atoms with Crippen molar-refractivity contribution in [2.45, 2.75) is 12.7 Å². The molecule has 2 aromatic carbocycles. The zero-order chi connectivity index (χ0) is 13.7. The van der Waals surface area contributed by atoms with Gasteiger partial charge in [0, 0.05) is 14.8 Å². The van der Waals surface area contributed by atoms with Gasteiger partial charge in [-0.05, 0) is 29.3 Å². The van der Waals surface area contributed by atoms with Crippen LogP contribution in [-0.4, -0.2) is 5.33 Å². The second-order valence-corrected chi connectivity index (χ2v) is 6.07. The second-order valence-electron chi connectivity index (χ2n) is 4.10. The molecule has 0 amide bonds. The van der Waals surface area contributed by atoms with E-state index in [4.69, 9.17) is 16.3 Å². The van der Waals surface area contributed by atoms with Gasteiger partial charge >= 0.3 is 0 Å². The number of alkyl halides is 1. The van der Waals surface area contributed by atoms with Crippen LogP contribution in [0.1, 0.15) is 17.2 Å². The van der Waals surface area contributed by atoms with E-state index in [9.17, 15) is 0 Å². The van der Waals surface area contributed by atoms with E-state index in [2.05, 4.69) is 44.0 Å². The molecule has 2 rings (SSSR count). The van der Waals surface area contributed by atoms with Crippen LogP contribution in [0.3, 0.4) is 0 Å². The highest BCUT2D eigenvalue weighted by atomic mass is 79.9. The van der Waals surface area contributed by atoms with E-state index in [1.807, 2.05) is 36.4 Å². The Bertz CT molecular complexity index is 528. The van der Waals surface area contributed by atoms with Crippen LogP contribution in [0.4, 0.5) is 0 Å². The van der Waals surface area contributed by atoms with Crippen molar-refractivity contribution in [1.82, 2.24) is 0 Å². The summed E-state index contributed by atoms with van der Waals surface area (Å²) in [6, 6.07) is 15.9. The van der Waals surface area contributed by atoms with Crippen LogP contribution in [-0.2, 0) is 11.3 Å². The molecule has 100 valence electrons. The first-order valence-corrected chi connectivity index (χ1v) is 8.16. The van der Waals surface area contributed by atoms with Crippen LogP contribution in [0.15, 0.2) is 53.0 Å². The summed E-state index contributed by atoms with van der Waals surface area (Å²) in [4.78, 5) is 0. The van der Waals surface area contributed by atoms with Gasteiger partial charge in [-0.15, -0.1) is 0 Å². The number of halogens is 3. The molecule has 19 heavy (non-hydrogen) atoms. The fourth-order valence-corrected chi connectivity index (χ4v) is 2.73. The first kappa shape index (κ1) is 15.0. The summed E-state index contributed by atoms with van der Waals surface area (Å²) < 4.78 is 7.00. The molecule has 0 aliphatic carbocycles. The summed E-state index contributed by atoms with van der Waals surface area (Å²) in [5.41, 5.74) is 2.15. The third-order valence-electron chi connectivity index (χ3n) is 2.78. The van der Waals surface area contributed by atoms with E-state index in [-0.39, 0.29) is 6.10 Å². The monoisotopic (exact) mass is 402 g/mol. The number of benzene rings is 2. The molecule has 0 aliphatic rings. The van der Waals surface area contributed by atoms with Gasteiger partial charge in [0.15, 0.2) is 0 Å².